The summed E-state index contributed by atoms with van der Waals surface area (Å²) in [5.74, 6) is -2.41. The van der Waals surface area contributed by atoms with Crippen molar-refractivity contribution in [2.24, 2.45) is 5.41 Å². The van der Waals surface area contributed by atoms with Crippen molar-refractivity contribution in [3.63, 3.8) is 0 Å². The molecule has 1 atom stereocenters. The summed E-state index contributed by atoms with van der Waals surface area (Å²) >= 11 is 0. The number of hydrogen-bond acceptors (Lipinski definition) is 1. The van der Waals surface area contributed by atoms with Gasteiger partial charge >= 0.3 is 0 Å². The molecule has 1 aliphatic carbocycles. The summed E-state index contributed by atoms with van der Waals surface area (Å²) in [5, 5.41) is 0. The molecule has 0 aromatic heterocycles. The summed E-state index contributed by atoms with van der Waals surface area (Å²) in [6.07, 6.45) is 0.0599. The van der Waals surface area contributed by atoms with E-state index in [-0.39, 0.29) is 6.42 Å². The lowest BCUT2D eigenvalue weighted by molar-refractivity contribution is 0.0576. The van der Waals surface area contributed by atoms with E-state index in [4.69, 9.17) is 0 Å². The minimum Gasteiger partial charge on any atom is -0.306 e. The molecule has 0 radical (unpaired) electrons. The molecule has 66 valence electrons. The highest BCUT2D eigenvalue weighted by molar-refractivity contribution is 5.08. The Hall–Kier alpha value is -0.180. The first-order valence-corrected chi connectivity index (χ1v) is 3.98. The van der Waals surface area contributed by atoms with Crippen molar-refractivity contribution in [1.82, 2.24) is 4.90 Å². The van der Waals surface area contributed by atoms with Gasteiger partial charge in [-0.25, -0.2) is 8.78 Å². The van der Waals surface area contributed by atoms with Crippen molar-refractivity contribution in [2.75, 3.05) is 20.1 Å². The Labute approximate surface area is 66.4 Å². The highest BCUT2D eigenvalue weighted by Gasteiger charge is 2.67. The molecule has 1 fully saturated rings. The lowest BCUT2D eigenvalue weighted by Gasteiger charge is -2.18. The largest absolute Gasteiger partial charge is 0.306 e. The highest BCUT2D eigenvalue weighted by Crippen LogP contribution is 2.60. The maximum Gasteiger partial charge on any atom is 0.255 e. The summed E-state index contributed by atoms with van der Waals surface area (Å²) in [4.78, 5) is 1.93. The van der Waals surface area contributed by atoms with E-state index in [1.807, 2.05) is 18.9 Å². The van der Waals surface area contributed by atoms with E-state index in [9.17, 15) is 8.78 Å². The third-order valence-electron chi connectivity index (χ3n) is 2.53. The Balaban J connectivity index is 2.40. The molecule has 1 nitrogen and oxygen atoms in total. The van der Waals surface area contributed by atoms with Crippen molar-refractivity contribution < 1.29 is 8.78 Å². The first-order chi connectivity index (χ1) is 4.91. The Morgan fingerprint density at radius 2 is 1.91 bits per heavy atom. The van der Waals surface area contributed by atoms with Gasteiger partial charge in [0.25, 0.3) is 5.92 Å². The van der Waals surface area contributed by atoms with E-state index in [0.29, 0.717) is 6.54 Å². The average Bonchev–Trinajstić information content (AvgIpc) is 2.31. The number of alkyl halides is 2. The van der Waals surface area contributed by atoms with Crippen molar-refractivity contribution in [2.45, 2.75) is 26.2 Å². The van der Waals surface area contributed by atoms with Gasteiger partial charge in [0.15, 0.2) is 0 Å². The number of hydrogen-bond donors (Lipinski definition) is 0. The molecule has 0 heterocycles. The first-order valence-electron chi connectivity index (χ1n) is 3.98. The van der Waals surface area contributed by atoms with Crippen molar-refractivity contribution >= 4 is 0 Å². The molecule has 1 rings (SSSR count). The standard InChI is InChI=1S/C8H15F2N/c1-4-11(3)6-7(2)5-8(7,9)10/h4-6H2,1-3H3/t7-/m1/s1. The summed E-state index contributed by atoms with van der Waals surface area (Å²) in [5.41, 5.74) is -0.738. The van der Waals surface area contributed by atoms with Gasteiger partial charge in [-0.1, -0.05) is 13.8 Å². The monoisotopic (exact) mass is 163 g/mol. The molecule has 11 heavy (non-hydrogen) atoms. The lowest BCUT2D eigenvalue weighted by atomic mass is 10.1. The molecule has 0 unspecified atom stereocenters. The smallest absolute Gasteiger partial charge is 0.255 e. The fourth-order valence-electron chi connectivity index (χ4n) is 1.32. The van der Waals surface area contributed by atoms with Crippen LogP contribution in [0.3, 0.4) is 0 Å². The summed E-state index contributed by atoms with van der Waals surface area (Å²) in [6, 6.07) is 0. The molecule has 0 amide bonds. The van der Waals surface area contributed by atoms with Gasteiger partial charge in [-0.3, -0.25) is 0 Å². The fourth-order valence-corrected chi connectivity index (χ4v) is 1.32. The Bertz CT molecular complexity index is 158. The van der Waals surface area contributed by atoms with Crippen LogP contribution in [0.1, 0.15) is 20.3 Å². The SMILES string of the molecule is CCN(C)C[C@@]1(C)CC1(F)F. The Kier molecular flexibility index (Phi) is 1.95. The normalized spacial score (nSPS) is 34.4. The van der Waals surface area contributed by atoms with Gasteiger partial charge < -0.3 is 4.90 Å². The maximum atomic E-state index is 12.7. The van der Waals surface area contributed by atoms with Gasteiger partial charge in [-0.2, -0.15) is 0 Å². The van der Waals surface area contributed by atoms with Crippen LogP contribution >= 0.6 is 0 Å². The predicted molar refractivity (Wildman–Crippen MR) is 40.8 cm³/mol. The van der Waals surface area contributed by atoms with Gasteiger partial charge in [0.2, 0.25) is 0 Å². The minimum atomic E-state index is -2.41. The number of halogens is 2. The van der Waals surface area contributed by atoms with Crippen molar-refractivity contribution in [3.8, 4) is 0 Å². The van der Waals surface area contributed by atoms with Gasteiger partial charge in [0.1, 0.15) is 0 Å². The highest BCUT2D eigenvalue weighted by atomic mass is 19.3. The second-order valence-corrected chi connectivity index (χ2v) is 3.77. The van der Waals surface area contributed by atoms with Crippen LogP contribution in [0, 0.1) is 5.41 Å². The van der Waals surface area contributed by atoms with Crippen LogP contribution in [0.4, 0.5) is 8.78 Å². The summed E-state index contributed by atoms with van der Waals surface area (Å²) in [7, 11) is 1.87. The second kappa shape index (κ2) is 2.41. The molecule has 0 spiro atoms. The zero-order valence-corrected chi connectivity index (χ0v) is 7.32. The fraction of sp³-hybridized carbons (Fsp3) is 1.00. The first kappa shape index (κ1) is 8.91. The molecule has 0 aromatic carbocycles. The van der Waals surface area contributed by atoms with Crippen LogP contribution in [-0.2, 0) is 0 Å². The van der Waals surface area contributed by atoms with Crippen LogP contribution in [-0.4, -0.2) is 31.0 Å². The van der Waals surface area contributed by atoms with E-state index in [2.05, 4.69) is 0 Å². The minimum absolute atomic E-state index is 0.0599. The maximum absolute atomic E-state index is 12.7. The Morgan fingerprint density at radius 1 is 1.45 bits per heavy atom. The van der Waals surface area contributed by atoms with Crippen molar-refractivity contribution in [3.05, 3.63) is 0 Å². The third-order valence-corrected chi connectivity index (χ3v) is 2.53. The van der Waals surface area contributed by atoms with Crippen molar-refractivity contribution in [1.29, 1.82) is 0 Å². The van der Waals surface area contributed by atoms with Crippen LogP contribution in [0.15, 0.2) is 0 Å². The van der Waals surface area contributed by atoms with Crippen LogP contribution < -0.4 is 0 Å². The van der Waals surface area contributed by atoms with Gasteiger partial charge in [0.05, 0.1) is 0 Å². The summed E-state index contributed by atoms with van der Waals surface area (Å²) in [6.45, 7) is 4.98. The second-order valence-electron chi connectivity index (χ2n) is 3.77. The van der Waals surface area contributed by atoms with Gasteiger partial charge in [-0.05, 0) is 13.6 Å². The van der Waals surface area contributed by atoms with E-state index in [1.165, 1.54) is 0 Å². The molecule has 1 aliphatic rings. The van der Waals surface area contributed by atoms with Gasteiger partial charge in [0, 0.05) is 18.4 Å². The van der Waals surface area contributed by atoms with E-state index < -0.39 is 11.3 Å². The molecule has 1 saturated carbocycles. The Morgan fingerprint density at radius 3 is 2.18 bits per heavy atom. The number of rotatable bonds is 3. The van der Waals surface area contributed by atoms with E-state index in [0.717, 1.165) is 6.54 Å². The third kappa shape index (κ3) is 1.53. The van der Waals surface area contributed by atoms with E-state index >= 15 is 0 Å². The lowest BCUT2D eigenvalue weighted by Crippen LogP contribution is -2.28. The summed E-state index contributed by atoms with van der Waals surface area (Å²) < 4.78 is 25.3. The van der Waals surface area contributed by atoms with Crippen LogP contribution in [0.5, 0.6) is 0 Å². The van der Waals surface area contributed by atoms with E-state index in [1.54, 1.807) is 6.92 Å². The molecule has 0 N–H and O–H groups in total. The van der Waals surface area contributed by atoms with Crippen LogP contribution in [0.25, 0.3) is 0 Å². The van der Waals surface area contributed by atoms with Crippen LogP contribution in [0.2, 0.25) is 0 Å². The molecule has 3 heteroatoms. The predicted octanol–water partition coefficient (Wildman–Crippen LogP) is 1.98. The quantitative estimate of drug-likeness (QED) is 0.615. The number of nitrogens with zero attached hydrogens (tertiary/aromatic N) is 1. The van der Waals surface area contributed by atoms with Gasteiger partial charge in [-0.15, -0.1) is 0 Å². The zero-order valence-electron chi connectivity index (χ0n) is 7.32. The molecular weight excluding hydrogens is 148 g/mol. The molecular formula is C8H15F2N. The molecule has 0 saturated heterocycles. The zero-order chi connectivity index (χ0) is 8.70. The average molecular weight is 163 g/mol. The topological polar surface area (TPSA) is 3.24 Å². The molecule has 0 bridgehead atoms. The molecule has 0 aromatic rings. The molecule has 0 aliphatic heterocycles.